The highest BCUT2D eigenvalue weighted by Gasteiger charge is 2.26. The molecule has 5 nitrogen and oxygen atoms in total. The first-order chi connectivity index (χ1) is 14.0. The van der Waals surface area contributed by atoms with E-state index >= 15 is 0 Å². The van der Waals surface area contributed by atoms with Crippen molar-refractivity contribution in [2.75, 3.05) is 0 Å². The van der Waals surface area contributed by atoms with Crippen molar-refractivity contribution < 1.29 is 19.5 Å². The Kier molecular flexibility index (Phi) is 6.39. The van der Waals surface area contributed by atoms with Gasteiger partial charge in [0.05, 0.1) is 0 Å². The summed E-state index contributed by atoms with van der Waals surface area (Å²) in [6, 6.07) is 21.5. The quantitative estimate of drug-likeness (QED) is 0.573. The van der Waals surface area contributed by atoms with E-state index in [1.807, 2.05) is 48.5 Å². The van der Waals surface area contributed by atoms with E-state index in [1.165, 1.54) is 6.92 Å². The van der Waals surface area contributed by atoms with Crippen LogP contribution in [-0.2, 0) is 16.0 Å². The highest BCUT2D eigenvalue weighted by molar-refractivity contribution is 5.99. The molecular weight excluding hydrogens is 366 g/mol. The summed E-state index contributed by atoms with van der Waals surface area (Å²) in [4.78, 5) is 36.7. The Morgan fingerprint density at radius 3 is 2.28 bits per heavy atom. The molecule has 0 spiro atoms. The molecule has 0 radical (unpaired) electrons. The lowest BCUT2D eigenvalue weighted by Crippen LogP contribution is -2.42. The van der Waals surface area contributed by atoms with Gasteiger partial charge in [0.25, 0.3) is 0 Å². The van der Waals surface area contributed by atoms with Crippen LogP contribution in [0.2, 0.25) is 0 Å². The van der Waals surface area contributed by atoms with E-state index in [-0.39, 0.29) is 12.2 Å². The monoisotopic (exact) mass is 389 g/mol. The number of carboxylic acid groups (broad SMARTS) is 1. The number of carboxylic acids is 1. The van der Waals surface area contributed by atoms with Crippen LogP contribution in [-0.4, -0.2) is 28.8 Å². The van der Waals surface area contributed by atoms with Crippen LogP contribution in [0.3, 0.4) is 0 Å². The van der Waals surface area contributed by atoms with Gasteiger partial charge in [0.15, 0.2) is 5.78 Å². The minimum atomic E-state index is -1.11. The van der Waals surface area contributed by atoms with Crippen molar-refractivity contribution in [1.82, 2.24) is 5.32 Å². The smallest absolute Gasteiger partial charge is 0.325 e. The number of carbonyl (C=O) groups is 3. The lowest BCUT2D eigenvalue weighted by Gasteiger charge is -2.19. The van der Waals surface area contributed by atoms with E-state index in [0.717, 1.165) is 16.3 Å². The summed E-state index contributed by atoms with van der Waals surface area (Å²) < 4.78 is 0. The Morgan fingerprint density at radius 1 is 0.897 bits per heavy atom. The molecule has 0 aromatic heterocycles. The molecule has 0 fully saturated rings. The predicted octanol–water partition coefficient (Wildman–Crippen LogP) is 3.86. The molecule has 0 aliphatic heterocycles. The van der Waals surface area contributed by atoms with Gasteiger partial charge >= 0.3 is 5.97 Å². The second kappa shape index (κ2) is 9.15. The van der Waals surface area contributed by atoms with Crippen molar-refractivity contribution in [3.8, 4) is 0 Å². The first kappa shape index (κ1) is 20.3. The van der Waals surface area contributed by atoms with Crippen LogP contribution in [0, 0.1) is 5.92 Å². The topological polar surface area (TPSA) is 83.5 Å². The lowest BCUT2D eigenvalue weighted by molar-refractivity contribution is -0.141. The number of amides is 1. The summed E-state index contributed by atoms with van der Waals surface area (Å²) >= 11 is 0. The molecule has 5 heteroatoms. The lowest BCUT2D eigenvalue weighted by atomic mass is 9.89. The van der Waals surface area contributed by atoms with E-state index in [9.17, 15) is 14.4 Å². The third-order valence-corrected chi connectivity index (χ3v) is 4.97. The van der Waals surface area contributed by atoms with Gasteiger partial charge in [-0.25, -0.2) is 0 Å². The maximum Gasteiger partial charge on any atom is 0.325 e. The molecule has 3 aromatic carbocycles. The van der Waals surface area contributed by atoms with Gasteiger partial charge in [-0.2, -0.15) is 0 Å². The van der Waals surface area contributed by atoms with Crippen LogP contribution in [0.15, 0.2) is 72.8 Å². The van der Waals surface area contributed by atoms with Gasteiger partial charge in [0, 0.05) is 17.9 Å². The maximum atomic E-state index is 12.8. The molecule has 0 saturated carbocycles. The fourth-order valence-corrected chi connectivity index (χ4v) is 3.35. The van der Waals surface area contributed by atoms with Crippen LogP contribution in [0.5, 0.6) is 0 Å². The standard InChI is InChI=1S/C24H23NO4/c1-16(24(28)29)25-23(27)20(15-22(26)18-9-3-2-4-10-18)14-19-12-7-11-17-8-5-6-13-21(17)19/h2-13,16,20H,14-15H2,1H3,(H,25,27)(H,28,29)/t16-,20-/m0/s1. The van der Waals surface area contributed by atoms with Crippen molar-refractivity contribution in [1.29, 1.82) is 0 Å². The molecule has 0 heterocycles. The van der Waals surface area contributed by atoms with Crippen LogP contribution in [0.1, 0.15) is 29.3 Å². The number of fused-ring (bicyclic) bond motifs is 1. The first-order valence-electron chi connectivity index (χ1n) is 9.54. The molecular formula is C24H23NO4. The zero-order valence-electron chi connectivity index (χ0n) is 16.2. The largest absolute Gasteiger partial charge is 0.480 e. The molecule has 0 saturated heterocycles. The average molecular weight is 389 g/mol. The van der Waals surface area contributed by atoms with Gasteiger partial charge in [-0.15, -0.1) is 0 Å². The molecule has 3 aromatic rings. The number of hydrogen-bond acceptors (Lipinski definition) is 3. The van der Waals surface area contributed by atoms with Crippen molar-refractivity contribution in [3.63, 3.8) is 0 Å². The number of hydrogen-bond donors (Lipinski definition) is 2. The molecule has 1 amide bonds. The summed E-state index contributed by atoms with van der Waals surface area (Å²) in [6.45, 7) is 1.41. The van der Waals surface area contributed by atoms with Crippen LogP contribution < -0.4 is 5.32 Å². The SMILES string of the molecule is C[C@H](NC(=O)[C@H](CC(=O)c1ccccc1)Cc1cccc2ccccc12)C(=O)O. The summed E-state index contributed by atoms with van der Waals surface area (Å²) in [7, 11) is 0. The third-order valence-electron chi connectivity index (χ3n) is 4.97. The van der Waals surface area contributed by atoms with Gasteiger partial charge in [-0.3, -0.25) is 14.4 Å². The van der Waals surface area contributed by atoms with E-state index < -0.39 is 23.8 Å². The summed E-state index contributed by atoms with van der Waals surface area (Å²) in [5, 5.41) is 13.7. The second-order valence-electron chi connectivity index (χ2n) is 7.10. The average Bonchev–Trinajstić information content (AvgIpc) is 2.73. The number of ketones is 1. The summed E-state index contributed by atoms with van der Waals surface area (Å²) in [5.74, 6) is -2.36. The fourth-order valence-electron chi connectivity index (χ4n) is 3.35. The molecule has 3 rings (SSSR count). The number of Topliss-reactive ketones (excluding diaryl/α,β-unsaturated/α-hetero) is 1. The Labute approximate surface area is 169 Å². The van der Waals surface area contributed by atoms with Crippen molar-refractivity contribution in [2.24, 2.45) is 5.92 Å². The van der Waals surface area contributed by atoms with E-state index in [2.05, 4.69) is 5.32 Å². The number of nitrogens with one attached hydrogen (secondary N) is 1. The van der Waals surface area contributed by atoms with Gasteiger partial charge in [0.1, 0.15) is 6.04 Å². The molecule has 29 heavy (non-hydrogen) atoms. The molecule has 0 aliphatic rings. The summed E-state index contributed by atoms with van der Waals surface area (Å²) in [5.41, 5.74) is 1.49. The summed E-state index contributed by atoms with van der Waals surface area (Å²) in [6.07, 6.45) is 0.351. The Bertz CT molecular complexity index is 1020. The fraction of sp³-hybridized carbons (Fsp3) is 0.208. The van der Waals surface area contributed by atoms with Gasteiger partial charge in [0.2, 0.25) is 5.91 Å². The molecule has 148 valence electrons. The Hall–Kier alpha value is -3.47. The van der Waals surface area contributed by atoms with E-state index in [4.69, 9.17) is 5.11 Å². The first-order valence-corrected chi connectivity index (χ1v) is 9.54. The molecule has 2 atom stereocenters. The Balaban J connectivity index is 1.88. The zero-order chi connectivity index (χ0) is 20.8. The van der Waals surface area contributed by atoms with Crippen LogP contribution in [0.25, 0.3) is 10.8 Å². The number of rotatable bonds is 8. The molecule has 0 unspecified atom stereocenters. The Morgan fingerprint density at radius 2 is 1.55 bits per heavy atom. The van der Waals surface area contributed by atoms with Gasteiger partial charge in [-0.1, -0.05) is 72.8 Å². The zero-order valence-corrected chi connectivity index (χ0v) is 16.2. The maximum absolute atomic E-state index is 12.8. The minimum absolute atomic E-state index is 0.00536. The van der Waals surface area contributed by atoms with Crippen LogP contribution in [0.4, 0.5) is 0 Å². The molecule has 2 N–H and O–H groups in total. The predicted molar refractivity (Wildman–Crippen MR) is 112 cm³/mol. The van der Waals surface area contributed by atoms with E-state index in [0.29, 0.717) is 12.0 Å². The van der Waals surface area contributed by atoms with Gasteiger partial charge in [-0.05, 0) is 29.7 Å². The normalized spacial score (nSPS) is 12.9. The molecule has 0 aliphatic carbocycles. The third kappa shape index (κ3) is 5.08. The second-order valence-corrected chi connectivity index (χ2v) is 7.10. The van der Waals surface area contributed by atoms with Crippen molar-refractivity contribution >= 4 is 28.4 Å². The highest BCUT2D eigenvalue weighted by atomic mass is 16.4. The van der Waals surface area contributed by atoms with Gasteiger partial charge < -0.3 is 10.4 Å². The number of benzene rings is 3. The molecule has 0 bridgehead atoms. The van der Waals surface area contributed by atoms with Crippen molar-refractivity contribution in [2.45, 2.75) is 25.8 Å². The number of aliphatic carboxylic acids is 1. The minimum Gasteiger partial charge on any atom is -0.480 e. The van der Waals surface area contributed by atoms with E-state index in [1.54, 1.807) is 24.3 Å². The van der Waals surface area contributed by atoms with Crippen LogP contribution >= 0.6 is 0 Å². The van der Waals surface area contributed by atoms with Crippen molar-refractivity contribution in [3.05, 3.63) is 83.9 Å². The highest BCUT2D eigenvalue weighted by Crippen LogP contribution is 2.24. The number of carbonyl (C=O) groups excluding carboxylic acids is 2.